The Morgan fingerprint density at radius 1 is 1.41 bits per heavy atom. The lowest BCUT2D eigenvalue weighted by molar-refractivity contribution is 0.150. The number of methoxy groups -OCH3 is 1. The zero-order valence-corrected chi connectivity index (χ0v) is 10.9. The van der Waals surface area contributed by atoms with Gasteiger partial charge < -0.3 is 10.1 Å². The second-order valence-electron chi connectivity index (χ2n) is 4.62. The van der Waals surface area contributed by atoms with Crippen molar-refractivity contribution in [2.75, 3.05) is 20.8 Å². The lowest BCUT2D eigenvalue weighted by atomic mass is 9.97. The van der Waals surface area contributed by atoms with E-state index in [2.05, 4.69) is 12.2 Å². The number of hydrogen-bond acceptors (Lipinski definition) is 2. The van der Waals surface area contributed by atoms with E-state index in [9.17, 15) is 4.39 Å². The van der Waals surface area contributed by atoms with Crippen molar-refractivity contribution in [3.05, 3.63) is 35.6 Å². The monoisotopic (exact) mass is 239 g/mol. The van der Waals surface area contributed by atoms with Crippen LogP contribution in [0.2, 0.25) is 0 Å². The summed E-state index contributed by atoms with van der Waals surface area (Å²) >= 11 is 0. The number of nitrogens with one attached hydrogen (secondary N) is 1. The van der Waals surface area contributed by atoms with Crippen molar-refractivity contribution in [2.24, 2.45) is 5.92 Å². The standard InChI is InChI=1S/C14H22FNO/c1-11(10-17-3)7-14(16-2)9-12-5-4-6-13(15)8-12/h4-6,8,11,14,16H,7,9-10H2,1-3H3. The summed E-state index contributed by atoms with van der Waals surface area (Å²) in [5.41, 5.74) is 1.04. The molecule has 0 aliphatic heterocycles. The molecule has 0 fully saturated rings. The zero-order chi connectivity index (χ0) is 12.7. The molecule has 0 aromatic heterocycles. The number of halogens is 1. The first-order valence-electron chi connectivity index (χ1n) is 6.06. The van der Waals surface area contributed by atoms with Gasteiger partial charge in [0.25, 0.3) is 0 Å². The van der Waals surface area contributed by atoms with Gasteiger partial charge in [0.2, 0.25) is 0 Å². The largest absolute Gasteiger partial charge is 0.384 e. The number of hydrogen-bond donors (Lipinski definition) is 1. The minimum atomic E-state index is -0.165. The predicted molar refractivity (Wildman–Crippen MR) is 68.6 cm³/mol. The highest BCUT2D eigenvalue weighted by molar-refractivity contribution is 5.17. The van der Waals surface area contributed by atoms with Gasteiger partial charge in [-0.25, -0.2) is 4.39 Å². The molecule has 0 heterocycles. The first-order valence-corrected chi connectivity index (χ1v) is 6.06. The lowest BCUT2D eigenvalue weighted by Gasteiger charge is -2.20. The highest BCUT2D eigenvalue weighted by Crippen LogP contribution is 2.12. The second-order valence-corrected chi connectivity index (χ2v) is 4.62. The van der Waals surface area contributed by atoms with Gasteiger partial charge in [-0.1, -0.05) is 19.1 Å². The van der Waals surface area contributed by atoms with Crippen molar-refractivity contribution in [3.63, 3.8) is 0 Å². The van der Waals surface area contributed by atoms with Gasteiger partial charge >= 0.3 is 0 Å². The van der Waals surface area contributed by atoms with Crippen molar-refractivity contribution in [3.8, 4) is 0 Å². The molecule has 0 aliphatic carbocycles. The predicted octanol–water partition coefficient (Wildman–Crippen LogP) is 2.63. The van der Waals surface area contributed by atoms with Crippen LogP contribution >= 0.6 is 0 Å². The van der Waals surface area contributed by atoms with E-state index in [0.717, 1.165) is 25.0 Å². The van der Waals surface area contributed by atoms with Gasteiger partial charge in [0, 0.05) is 19.8 Å². The van der Waals surface area contributed by atoms with Crippen molar-refractivity contribution in [1.82, 2.24) is 5.32 Å². The molecule has 2 unspecified atom stereocenters. The molecule has 0 spiro atoms. The molecule has 0 saturated carbocycles. The van der Waals surface area contributed by atoms with Crippen LogP contribution in [0.5, 0.6) is 0 Å². The van der Waals surface area contributed by atoms with E-state index in [1.165, 1.54) is 6.07 Å². The fraction of sp³-hybridized carbons (Fsp3) is 0.571. The molecule has 2 nitrogen and oxygen atoms in total. The molecule has 1 N–H and O–H groups in total. The van der Waals surface area contributed by atoms with Crippen LogP contribution in [0.3, 0.4) is 0 Å². The molecule has 3 heteroatoms. The molecular weight excluding hydrogens is 217 g/mol. The summed E-state index contributed by atoms with van der Waals surface area (Å²) < 4.78 is 18.2. The molecule has 0 aliphatic rings. The normalized spacial score (nSPS) is 14.6. The Balaban J connectivity index is 2.51. The number of rotatable bonds is 7. The maximum absolute atomic E-state index is 13.1. The average molecular weight is 239 g/mol. The lowest BCUT2D eigenvalue weighted by Crippen LogP contribution is -2.30. The SMILES string of the molecule is CNC(Cc1cccc(F)c1)CC(C)COC. The van der Waals surface area contributed by atoms with E-state index in [-0.39, 0.29) is 5.82 Å². The Morgan fingerprint density at radius 3 is 2.76 bits per heavy atom. The van der Waals surface area contributed by atoms with Gasteiger partial charge in [0.1, 0.15) is 5.82 Å². The summed E-state index contributed by atoms with van der Waals surface area (Å²) in [4.78, 5) is 0. The fourth-order valence-electron chi connectivity index (χ4n) is 2.09. The molecule has 17 heavy (non-hydrogen) atoms. The fourth-order valence-corrected chi connectivity index (χ4v) is 2.09. The number of likely N-dealkylation sites (N-methyl/N-ethyl adjacent to an activating group) is 1. The first kappa shape index (κ1) is 14.1. The topological polar surface area (TPSA) is 21.3 Å². The summed E-state index contributed by atoms with van der Waals surface area (Å²) in [5.74, 6) is 0.341. The Bertz CT molecular complexity index is 330. The third-order valence-electron chi connectivity index (χ3n) is 2.92. The third-order valence-corrected chi connectivity index (χ3v) is 2.92. The Morgan fingerprint density at radius 2 is 2.18 bits per heavy atom. The third kappa shape index (κ3) is 5.29. The van der Waals surface area contributed by atoms with E-state index < -0.39 is 0 Å². The van der Waals surface area contributed by atoms with Crippen LogP contribution in [-0.4, -0.2) is 26.8 Å². The Labute approximate surface area is 103 Å². The van der Waals surface area contributed by atoms with Crippen molar-refractivity contribution < 1.29 is 9.13 Å². The maximum atomic E-state index is 13.1. The number of ether oxygens (including phenoxy) is 1. The molecule has 2 atom stereocenters. The Hall–Kier alpha value is -0.930. The van der Waals surface area contributed by atoms with Crippen molar-refractivity contribution in [2.45, 2.75) is 25.8 Å². The van der Waals surface area contributed by atoms with E-state index >= 15 is 0 Å². The molecule has 0 radical (unpaired) electrons. The number of benzene rings is 1. The van der Waals surface area contributed by atoms with E-state index in [0.29, 0.717) is 12.0 Å². The van der Waals surface area contributed by atoms with E-state index in [1.807, 2.05) is 13.1 Å². The zero-order valence-electron chi connectivity index (χ0n) is 10.9. The first-order chi connectivity index (χ1) is 8.15. The van der Waals surface area contributed by atoms with Crippen LogP contribution in [-0.2, 0) is 11.2 Å². The summed E-state index contributed by atoms with van der Waals surface area (Å²) in [5, 5.41) is 3.28. The van der Waals surface area contributed by atoms with Crippen LogP contribution in [0.4, 0.5) is 4.39 Å². The summed E-state index contributed by atoms with van der Waals surface area (Å²) in [7, 11) is 3.67. The quantitative estimate of drug-likeness (QED) is 0.789. The Kier molecular flexibility index (Phi) is 6.16. The van der Waals surface area contributed by atoms with Gasteiger partial charge in [-0.15, -0.1) is 0 Å². The van der Waals surface area contributed by atoms with E-state index in [4.69, 9.17) is 4.74 Å². The van der Waals surface area contributed by atoms with Gasteiger partial charge in [-0.2, -0.15) is 0 Å². The minimum absolute atomic E-state index is 0.165. The second kappa shape index (κ2) is 7.41. The highest BCUT2D eigenvalue weighted by atomic mass is 19.1. The van der Waals surface area contributed by atoms with Gasteiger partial charge in [-0.05, 0) is 43.5 Å². The van der Waals surface area contributed by atoms with E-state index in [1.54, 1.807) is 19.2 Å². The van der Waals surface area contributed by atoms with Gasteiger partial charge in [0.15, 0.2) is 0 Å². The summed E-state index contributed by atoms with van der Waals surface area (Å²) in [6.07, 6.45) is 1.88. The van der Waals surface area contributed by atoms with Crippen molar-refractivity contribution in [1.29, 1.82) is 0 Å². The van der Waals surface area contributed by atoms with Crippen molar-refractivity contribution >= 4 is 0 Å². The maximum Gasteiger partial charge on any atom is 0.123 e. The molecule has 0 saturated heterocycles. The van der Waals surface area contributed by atoms with Crippen LogP contribution in [0.15, 0.2) is 24.3 Å². The summed E-state index contributed by atoms with van der Waals surface area (Å²) in [6, 6.07) is 7.17. The minimum Gasteiger partial charge on any atom is -0.384 e. The summed E-state index contributed by atoms with van der Waals surface area (Å²) in [6.45, 7) is 2.93. The molecule has 1 aromatic rings. The average Bonchev–Trinajstić information content (AvgIpc) is 2.28. The molecule has 1 rings (SSSR count). The van der Waals surface area contributed by atoms with Crippen LogP contribution in [0, 0.1) is 11.7 Å². The molecule has 0 bridgehead atoms. The smallest absolute Gasteiger partial charge is 0.123 e. The molecule has 1 aromatic carbocycles. The highest BCUT2D eigenvalue weighted by Gasteiger charge is 2.12. The van der Waals surface area contributed by atoms with Crippen LogP contribution in [0.1, 0.15) is 18.9 Å². The van der Waals surface area contributed by atoms with Gasteiger partial charge in [0.05, 0.1) is 0 Å². The molecule has 0 amide bonds. The molecule has 96 valence electrons. The van der Waals surface area contributed by atoms with Crippen LogP contribution < -0.4 is 5.32 Å². The van der Waals surface area contributed by atoms with Gasteiger partial charge in [-0.3, -0.25) is 0 Å². The molecular formula is C14H22FNO. The van der Waals surface area contributed by atoms with Crippen LogP contribution in [0.25, 0.3) is 0 Å².